The topological polar surface area (TPSA) is 49.3 Å². The minimum absolute atomic E-state index is 0.179. The number of benzene rings is 1. The van der Waals surface area contributed by atoms with Crippen molar-refractivity contribution in [1.29, 1.82) is 0 Å². The maximum Gasteiger partial charge on any atom is 0.306 e. The number of carboxylic acids is 1. The summed E-state index contributed by atoms with van der Waals surface area (Å²) in [5.41, 5.74) is 3.60. The van der Waals surface area contributed by atoms with Crippen LogP contribution in [0.3, 0.4) is 0 Å². The summed E-state index contributed by atoms with van der Waals surface area (Å²) in [6, 6.07) is 6.64. The van der Waals surface area contributed by atoms with Gasteiger partial charge in [0.25, 0.3) is 0 Å². The summed E-state index contributed by atoms with van der Waals surface area (Å²) >= 11 is 0. The molecule has 3 nitrogen and oxygen atoms in total. The van der Waals surface area contributed by atoms with E-state index >= 15 is 0 Å². The molecule has 2 atom stereocenters. The number of rotatable bonds is 3. The molecular weight excluding hydrogens is 226 g/mol. The molecule has 0 aromatic heterocycles. The predicted molar refractivity (Wildman–Crippen MR) is 72.9 cm³/mol. The molecule has 2 unspecified atom stereocenters. The van der Waals surface area contributed by atoms with Gasteiger partial charge in [-0.05, 0) is 50.3 Å². The van der Waals surface area contributed by atoms with Gasteiger partial charge in [0.05, 0.1) is 5.92 Å². The van der Waals surface area contributed by atoms with Gasteiger partial charge in [0.2, 0.25) is 0 Å². The van der Waals surface area contributed by atoms with Crippen molar-refractivity contribution >= 4 is 11.7 Å². The highest BCUT2D eigenvalue weighted by atomic mass is 16.4. The third-order valence-electron chi connectivity index (χ3n) is 3.78. The van der Waals surface area contributed by atoms with Crippen LogP contribution in [0, 0.1) is 19.8 Å². The summed E-state index contributed by atoms with van der Waals surface area (Å²) in [5, 5.41) is 12.6. The van der Waals surface area contributed by atoms with E-state index in [4.69, 9.17) is 5.11 Å². The molecule has 0 amide bonds. The van der Waals surface area contributed by atoms with E-state index < -0.39 is 5.97 Å². The molecule has 1 aromatic rings. The fourth-order valence-corrected chi connectivity index (χ4v) is 2.66. The van der Waals surface area contributed by atoms with E-state index in [2.05, 4.69) is 37.4 Å². The summed E-state index contributed by atoms with van der Waals surface area (Å²) in [5.74, 6) is -0.830. The van der Waals surface area contributed by atoms with Crippen LogP contribution in [0.25, 0.3) is 0 Å². The van der Waals surface area contributed by atoms with Gasteiger partial charge in [-0.25, -0.2) is 0 Å². The van der Waals surface area contributed by atoms with Crippen molar-refractivity contribution in [2.24, 2.45) is 5.92 Å². The molecule has 0 bridgehead atoms. The third-order valence-corrected chi connectivity index (χ3v) is 3.78. The van der Waals surface area contributed by atoms with Crippen LogP contribution in [-0.2, 0) is 4.79 Å². The molecular formula is C15H21NO2. The van der Waals surface area contributed by atoms with Crippen LogP contribution < -0.4 is 5.32 Å². The fraction of sp³-hybridized carbons (Fsp3) is 0.533. The van der Waals surface area contributed by atoms with Crippen LogP contribution in [0.15, 0.2) is 18.2 Å². The molecule has 0 spiro atoms. The molecule has 98 valence electrons. The van der Waals surface area contributed by atoms with Gasteiger partial charge in [0, 0.05) is 11.7 Å². The van der Waals surface area contributed by atoms with E-state index in [0.29, 0.717) is 6.04 Å². The Kier molecular flexibility index (Phi) is 3.90. The van der Waals surface area contributed by atoms with Crippen molar-refractivity contribution in [3.8, 4) is 0 Å². The summed E-state index contributed by atoms with van der Waals surface area (Å²) in [6.07, 6.45) is 3.62. The lowest BCUT2D eigenvalue weighted by atomic mass is 9.85. The maximum atomic E-state index is 11.0. The third kappa shape index (κ3) is 3.03. The molecule has 3 heteroatoms. The van der Waals surface area contributed by atoms with Gasteiger partial charge in [-0.2, -0.15) is 0 Å². The van der Waals surface area contributed by atoms with E-state index in [9.17, 15) is 4.79 Å². The molecule has 2 N–H and O–H groups in total. The Hall–Kier alpha value is -1.51. The molecule has 0 aliphatic heterocycles. The largest absolute Gasteiger partial charge is 0.481 e. The Morgan fingerprint density at radius 3 is 2.83 bits per heavy atom. The zero-order valence-corrected chi connectivity index (χ0v) is 11.1. The van der Waals surface area contributed by atoms with Crippen LogP contribution in [0.4, 0.5) is 5.69 Å². The highest BCUT2D eigenvalue weighted by molar-refractivity contribution is 5.70. The lowest BCUT2D eigenvalue weighted by Gasteiger charge is -2.28. The second-order valence-corrected chi connectivity index (χ2v) is 5.36. The standard InChI is InChI=1S/C15H21NO2/c1-10-6-7-11(2)14(8-10)16-13-5-3-4-12(9-13)15(17)18/h6-8,12-13,16H,3-5,9H2,1-2H3,(H,17,18). The van der Waals surface area contributed by atoms with E-state index in [1.54, 1.807) is 0 Å². The lowest BCUT2D eigenvalue weighted by Crippen LogP contribution is -2.31. The minimum atomic E-state index is -0.650. The first kappa shape index (κ1) is 12.9. The van der Waals surface area contributed by atoms with Crippen molar-refractivity contribution in [3.05, 3.63) is 29.3 Å². The first-order valence-corrected chi connectivity index (χ1v) is 6.63. The number of nitrogens with one attached hydrogen (secondary N) is 1. The minimum Gasteiger partial charge on any atom is -0.481 e. The molecule has 1 fully saturated rings. The summed E-state index contributed by atoms with van der Waals surface area (Å²) in [6.45, 7) is 4.16. The second-order valence-electron chi connectivity index (χ2n) is 5.36. The summed E-state index contributed by atoms with van der Waals surface area (Å²) in [7, 11) is 0. The lowest BCUT2D eigenvalue weighted by molar-refractivity contribution is -0.142. The van der Waals surface area contributed by atoms with E-state index in [-0.39, 0.29) is 5.92 Å². The molecule has 2 rings (SSSR count). The Bertz CT molecular complexity index is 442. The van der Waals surface area contributed by atoms with Crippen molar-refractivity contribution < 1.29 is 9.90 Å². The fourth-order valence-electron chi connectivity index (χ4n) is 2.66. The highest BCUT2D eigenvalue weighted by Crippen LogP contribution is 2.28. The van der Waals surface area contributed by atoms with Crippen LogP contribution in [0.2, 0.25) is 0 Å². The van der Waals surface area contributed by atoms with Crippen molar-refractivity contribution in [2.75, 3.05) is 5.32 Å². The Balaban J connectivity index is 2.04. The van der Waals surface area contributed by atoms with Gasteiger partial charge < -0.3 is 10.4 Å². The van der Waals surface area contributed by atoms with E-state index in [1.807, 2.05) is 0 Å². The quantitative estimate of drug-likeness (QED) is 0.861. The first-order valence-electron chi connectivity index (χ1n) is 6.63. The number of hydrogen-bond acceptors (Lipinski definition) is 2. The highest BCUT2D eigenvalue weighted by Gasteiger charge is 2.26. The smallest absolute Gasteiger partial charge is 0.306 e. The molecule has 0 saturated heterocycles. The summed E-state index contributed by atoms with van der Waals surface area (Å²) < 4.78 is 0. The number of hydrogen-bond donors (Lipinski definition) is 2. The number of carbonyl (C=O) groups is 1. The molecule has 18 heavy (non-hydrogen) atoms. The van der Waals surface area contributed by atoms with Gasteiger partial charge in [0.1, 0.15) is 0 Å². The van der Waals surface area contributed by atoms with Crippen LogP contribution in [0.5, 0.6) is 0 Å². The van der Waals surface area contributed by atoms with Crippen LogP contribution >= 0.6 is 0 Å². The van der Waals surface area contributed by atoms with E-state index in [0.717, 1.165) is 31.4 Å². The Morgan fingerprint density at radius 2 is 2.11 bits per heavy atom. The van der Waals surface area contributed by atoms with Gasteiger partial charge in [-0.15, -0.1) is 0 Å². The number of carboxylic acid groups (broad SMARTS) is 1. The average molecular weight is 247 g/mol. The van der Waals surface area contributed by atoms with Crippen LogP contribution in [0.1, 0.15) is 36.8 Å². The average Bonchev–Trinajstić information content (AvgIpc) is 2.34. The monoisotopic (exact) mass is 247 g/mol. The first-order chi connectivity index (χ1) is 8.56. The number of aliphatic carboxylic acids is 1. The second kappa shape index (κ2) is 5.42. The SMILES string of the molecule is Cc1ccc(C)c(NC2CCCC(C(=O)O)C2)c1. The normalized spacial score (nSPS) is 23.7. The van der Waals surface area contributed by atoms with E-state index in [1.165, 1.54) is 11.1 Å². The number of anilines is 1. The molecule has 1 aromatic carbocycles. The van der Waals surface area contributed by atoms with Gasteiger partial charge in [0.15, 0.2) is 0 Å². The molecule has 1 aliphatic carbocycles. The van der Waals surface area contributed by atoms with Crippen molar-refractivity contribution in [1.82, 2.24) is 0 Å². The molecule has 0 radical (unpaired) electrons. The van der Waals surface area contributed by atoms with Gasteiger partial charge in [-0.3, -0.25) is 4.79 Å². The number of aryl methyl sites for hydroxylation is 2. The zero-order valence-electron chi connectivity index (χ0n) is 11.1. The maximum absolute atomic E-state index is 11.0. The van der Waals surface area contributed by atoms with Gasteiger partial charge >= 0.3 is 5.97 Å². The van der Waals surface area contributed by atoms with Gasteiger partial charge in [-0.1, -0.05) is 18.6 Å². The van der Waals surface area contributed by atoms with Crippen molar-refractivity contribution in [3.63, 3.8) is 0 Å². The molecule has 1 aliphatic rings. The molecule has 1 saturated carbocycles. The zero-order chi connectivity index (χ0) is 13.1. The Labute approximate surface area is 108 Å². The molecule has 0 heterocycles. The Morgan fingerprint density at radius 1 is 1.33 bits per heavy atom. The summed E-state index contributed by atoms with van der Waals surface area (Å²) in [4.78, 5) is 11.0. The predicted octanol–water partition coefficient (Wildman–Crippen LogP) is 3.36. The van der Waals surface area contributed by atoms with Crippen LogP contribution in [-0.4, -0.2) is 17.1 Å². The van der Waals surface area contributed by atoms with Crippen molar-refractivity contribution in [2.45, 2.75) is 45.6 Å².